The molecule has 1 rings (SSSR count). The van der Waals surface area contributed by atoms with Crippen molar-refractivity contribution in [3.05, 3.63) is 25.2 Å². The zero-order valence-corrected chi connectivity index (χ0v) is 11.9. The minimum Gasteiger partial charge on any atom is -0.495 e. The highest BCUT2D eigenvalue weighted by Gasteiger charge is 2.18. The molecule has 2 nitrogen and oxygen atoms in total. The molecule has 0 N–H and O–H groups in total. The van der Waals surface area contributed by atoms with E-state index < -0.39 is 0 Å². The van der Waals surface area contributed by atoms with Gasteiger partial charge in [-0.2, -0.15) is 0 Å². The third-order valence-electron chi connectivity index (χ3n) is 1.94. The van der Waals surface area contributed by atoms with Crippen molar-refractivity contribution in [3.63, 3.8) is 0 Å². The molecule has 0 spiro atoms. The van der Waals surface area contributed by atoms with Crippen LogP contribution in [-0.4, -0.2) is 12.9 Å². The smallest absolute Gasteiger partial charge is 0.166 e. The van der Waals surface area contributed by atoms with Gasteiger partial charge >= 0.3 is 0 Å². The summed E-state index contributed by atoms with van der Waals surface area (Å²) in [5, 5.41) is 0.792. The van der Waals surface area contributed by atoms with Gasteiger partial charge in [-0.3, -0.25) is 4.79 Å². The first-order chi connectivity index (χ1) is 7.02. The van der Waals surface area contributed by atoms with Gasteiger partial charge in [-0.1, -0.05) is 30.1 Å². The Balaban J connectivity index is 3.45. The molecule has 1 aromatic carbocycles. The summed E-state index contributed by atoms with van der Waals surface area (Å²) in [7, 11) is 1.51. The molecule has 0 aromatic heterocycles. The number of carbonyl (C=O) groups is 1. The van der Waals surface area contributed by atoms with Crippen molar-refractivity contribution in [1.82, 2.24) is 0 Å². The Kier molecular flexibility index (Phi) is 4.67. The van der Waals surface area contributed by atoms with Crippen LogP contribution in [0.2, 0.25) is 10.0 Å². The molecule has 0 unspecified atom stereocenters. The lowest BCUT2D eigenvalue weighted by Gasteiger charge is -2.11. The molecule has 0 amide bonds. The summed E-state index contributed by atoms with van der Waals surface area (Å²) in [4.78, 5) is 11.6. The van der Waals surface area contributed by atoms with Crippen molar-refractivity contribution in [2.75, 3.05) is 7.11 Å². The maximum atomic E-state index is 11.6. The van der Waals surface area contributed by atoms with E-state index >= 15 is 0 Å². The van der Waals surface area contributed by atoms with Gasteiger partial charge in [-0.05, 0) is 28.7 Å². The number of hydrogen-bond donors (Lipinski definition) is 0. The van der Waals surface area contributed by atoms with E-state index in [4.69, 9.17) is 27.9 Å². The van der Waals surface area contributed by atoms with E-state index in [0.717, 1.165) is 0 Å². The summed E-state index contributed by atoms with van der Waals surface area (Å²) in [5.74, 6) is 0.486. The molecule has 82 valence electrons. The van der Waals surface area contributed by atoms with Crippen molar-refractivity contribution < 1.29 is 9.53 Å². The monoisotopic (exact) mass is 358 g/mol. The zero-order valence-electron chi connectivity index (χ0n) is 8.23. The van der Waals surface area contributed by atoms with E-state index in [1.807, 2.05) is 22.6 Å². The van der Waals surface area contributed by atoms with E-state index in [9.17, 15) is 4.79 Å². The van der Waals surface area contributed by atoms with Crippen LogP contribution in [0, 0.1) is 3.57 Å². The number of ketones is 1. The van der Waals surface area contributed by atoms with Gasteiger partial charge in [0.1, 0.15) is 5.75 Å². The molecule has 0 saturated carbocycles. The largest absolute Gasteiger partial charge is 0.495 e. The molecule has 1 aromatic rings. The van der Waals surface area contributed by atoms with Crippen molar-refractivity contribution in [3.8, 4) is 5.75 Å². The fourth-order valence-corrected chi connectivity index (χ4v) is 2.48. The predicted molar refractivity (Wildman–Crippen MR) is 70.4 cm³/mol. The van der Waals surface area contributed by atoms with Crippen LogP contribution in [0.3, 0.4) is 0 Å². The average Bonchev–Trinajstić information content (AvgIpc) is 2.24. The summed E-state index contributed by atoms with van der Waals surface area (Å²) >= 11 is 13.9. The van der Waals surface area contributed by atoms with Crippen molar-refractivity contribution >= 4 is 51.6 Å². The number of methoxy groups -OCH3 is 1. The second-order valence-corrected chi connectivity index (χ2v) is 4.71. The molecular formula is C10H9Cl2IO2. The Morgan fingerprint density at radius 2 is 2.13 bits per heavy atom. The van der Waals surface area contributed by atoms with Crippen molar-refractivity contribution in [2.24, 2.45) is 0 Å². The van der Waals surface area contributed by atoms with Gasteiger partial charge < -0.3 is 4.74 Å². The van der Waals surface area contributed by atoms with Gasteiger partial charge in [0, 0.05) is 6.42 Å². The van der Waals surface area contributed by atoms with Crippen molar-refractivity contribution in [2.45, 2.75) is 13.3 Å². The Labute approximate surface area is 112 Å². The van der Waals surface area contributed by atoms with E-state index in [2.05, 4.69) is 0 Å². The number of hydrogen-bond acceptors (Lipinski definition) is 2. The first-order valence-corrected chi connectivity index (χ1v) is 6.11. The van der Waals surface area contributed by atoms with Crippen LogP contribution in [0.4, 0.5) is 0 Å². The highest BCUT2D eigenvalue weighted by Crippen LogP contribution is 2.37. The number of rotatable bonds is 3. The minimum atomic E-state index is -0.0108. The molecule has 0 aliphatic rings. The fraction of sp³-hybridized carbons (Fsp3) is 0.300. The Morgan fingerprint density at radius 3 is 2.60 bits per heavy atom. The Morgan fingerprint density at radius 1 is 1.53 bits per heavy atom. The van der Waals surface area contributed by atoms with Gasteiger partial charge in [0.25, 0.3) is 0 Å². The third kappa shape index (κ3) is 2.57. The molecule has 15 heavy (non-hydrogen) atoms. The highest BCUT2D eigenvalue weighted by atomic mass is 127. The average molecular weight is 359 g/mol. The molecule has 0 fully saturated rings. The van der Waals surface area contributed by atoms with Gasteiger partial charge in [0.05, 0.1) is 26.3 Å². The molecule has 0 heterocycles. The van der Waals surface area contributed by atoms with Gasteiger partial charge in [-0.15, -0.1) is 0 Å². The van der Waals surface area contributed by atoms with Crippen LogP contribution in [0.5, 0.6) is 5.75 Å². The lowest BCUT2D eigenvalue weighted by atomic mass is 10.1. The molecule has 0 radical (unpaired) electrons. The number of ether oxygens (including phenoxy) is 1. The number of halogens is 3. The highest BCUT2D eigenvalue weighted by molar-refractivity contribution is 14.1. The summed E-state index contributed by atoms with van der Waals surface area (Å²) in [6.45, 7) is 1.79. The summed E-state index contributed by atoms with van der Waals surface area (Å²) in [6, 6.07) is 1.55. The van der Waals surface area contributed by atoms with Gasteiger partial charge in [-0.25, -0.2) is 0 Å². The molecular weight excluding hydrogens is 350 g/mol. The van der Waals surface area contributed by atoms with E-state index in [0.29, 0.717) is 31.3 Å². The maximum absolute atomic E-state index is 11.6. The van der Waals surface area contributed by atoms with Crippen LogP contribution in [-0.2, 0) is 0 Å². The van der Waals surface area contributed by atoms with Crippen LogP contribution in [0.15, 0.2) is 6.07 Å². The number of Topliss-reactive ketones (excluding diaryl/α,β-unsaturated/α-hetero) is 1. The minimum absolute atomic E-state index is 0.0108. The third-order valence-corrected chi connectivity index (χ3v) is 4.08. The topological polar surface area (TPSA) is 26.3 Å². The molecule has 0 bridgehead atoms. The number of benzene rings is 1. The lowest BCUT2D eigenvalue weighted by Crippen LogP contribution is -2.03. The van der Waals surface area contributed by atoms with Crippen LogP contribution >= 0.6 is 45.8 Å². The zero-order chi connectivity index (χ0) is 11.6. The second-order valence-electron chi connectivity index (χ2n) is 2.84. The van der Waals surface area contributed by atoms with Gasteiger partial charge in [0.15, 0.2) is 5.78 Å². The molecule has 5 heteroatoms. The van der Waals surface area contributed by atoms with E-state index in [-0.39, 0.29) is 5.78 Å². The summed E-state index contributed by atoms with van der Waals surface area (Å²) < 4.78 is 5.83. The fourth-order valence-electron chi connectivity index (χ4n) is 1.18. The molecule has 0 aliphatic heterocycles. The van der Waals surface area contributed by atoms with E-state index in [1.54, 1.807) is 13.0 Å². The summed E-state index contributed by atoms with van der Waals surface area (Å²) in [5.41, 5.74) is 0.485. The Hall–Kier alpha value is -0.000000000000000111. The molecule has 0 saturated heterocycles. The predicted octanol–water partition coefficient (Wildman–Crippen LogP) is 4.20. The number of carbonyl (C=O) groups excluding carboxylic acids is 1. The lowest BCUT2D eigenvalue weighted by molar-refractivity contribution is 0.0985. The first kappa shape index (κ1) is 13.1. The normalized spacial score (nSPS) is 10.2. The first-order valence-electron chi connectivity index (χ1n) is 4.27. The van der Waals surface area contributed by atoms with Crippen LogP contribution < -0.4 is 4.74 Å². The molecule has 0 atom stereocenters. The van der Waals surface area contributed by atoms with Crippen LogP contribution in [0.25, 0.3) is 0 Å². The van der Waals surface area contributed by atoms with Gasteiger partial charge in [0.2, 0.25) is 0 Å². The molecule has 0 aliphatic carbocycles. The van der Waals surface area contributed by atoms with E-state index in [1.165, 1.54) is 7.11 Å². The van der Waals surface area contributed by atoms with Crippen LogP contribution in [0.1, 0.15) is 23.7 Å². The summed E-state index contributed by atoms with van der Waals surface area (Å²) in [6.07, 6.45) is 0.407. The SMILES string of the molecule is CCC(=O)c1cc(Cl)c(Cl)c(I)c1OC. The standard InChI is InChI=1S/C10H9Cl2IO2/c1-3-7(14)5-4-6(11)8(12)9(13)10(5)15-2/h4H,3H2,1-2H3. The van der Waals surface area contributed by atoms with Crippen molar-refractivity contribution in [1.29, 1.82) is 0 Å². The second kappa shape index (κ2) is 5.37. The quantitative estimate of drug-likeness (QED) is 0.460. The maximum Gasteiger partial charge on any atom is 0.166 e. The Bertz CT molecular complexity index is 405.